The molecule has 0 aliphatic heterocycles. The summed E-state index contributed by atoms with van der Waals surface area (Å²) in [6.07, 6.45) is 1.76. The van der Waals surface area contributed by atoms with Gasteiger partial charge in [0.05, 0.1) is 27.0 Å². The zero-order valence-electron chi connectivity index (χ0n) is 16.4. The number of nitrogens with one attached hydrogen (secondary N) is 1. The lowest BCUT2D eigenvalue weighted by molar-refractivity contribution is 0.306. The number of methoxy groups -OCH3 is 2. The van der Waals surface area contributed by atoms with Crippen LogP contribution in [-0.4, -0.2) is 20.4 Å². The molecule has 29 heavy (non-hydrogen) atoms. The van der Waals surface area contributed by atoms with Gasteiger partial charge in [-0.05, 0) is 53.6 Å². The third-order valence-electron chi connectivity index (χ3n) is 4.27. The van der Waals surface area contributed by atoms with Gasteiger partial charge >= 0.3 is 0 Å². The maximum atomic E-state index is 6.15. The number of halogens is 1. The van der Waals surface area contributed by atoms with Crippen molar-refractivity contribution in [1.82, 2.24) is 5.43 Å². The van der Waals surface area contributed by atoms with Crippen LogP contribution in [0.5, 0.6) is 17.2 Å². The first-order chi connectivity index (χ1) is 14.2. The Morgan fingerprint density at radius 2 is 1.69 bits per heavy atom. The van der Waals surface area contributed by atoms with E-state index in [2.05, 4.69) is 10.5 Å². The van der Waals surface area contributed by atoms with Crippen molar-refractivity contribution < 1.29 is 14.2 Å². The summed E-state index contributed by atoms with van der Waals surface area (Å²) in [5, 5.41) is 4.97. The van der Waals surface area contributed by atoms with E-state index in [9.17, 15) is 0 Å². The standard InChI is InChI=1S/C23H23ClN2O3/c1-27-22-12-9-18(13-23(22)28-2)15-26-25-14-17-7-10-20(11-8-17)29-16-19-5-3-4-6-21(19)24/h3-14,26H,15-16H2,1-2H3/b25-14+. The Kier molecular flexibility index (Phi) is 7.36. The van der Waals surface area contributed by atoms with Gasteiger partial charge in [-0.25, -0.2) is 0 Å². The molecule has 0 bridgehead atoms. The molecular formula is C23H23ClN2O3. The van der Waals surface area contributed by atoms with Gasteiger partial charge in [-0.15, -0.1) is 0 Å². The Bertz CT molecular complexity index is 959. The Morgan fingerprint density at radius 1 is 0.931 bits per heavy atom. The van der Waals surface area contributed by atoms with Crippen LogP contribution in [0.15, 0.2) is 71.8 Å². The van der Waals surface area contributed by atoms with E-state index in [0.717, 1.165) is 22.4 Å². The summed E-state index contributed by atoms with van der Waals surface area (Å²) in [7, 11) is 3.24. The van der Waals surface area contributed by atoms with Crippen LogP contribution in [0.3, 0.4) is 0 Å². The van der Waals surface area contributed by atoms with E-state index < -0.39 is 0 Å². The highest BCUT2D eigenvalue weighted by Crippen LogP contribution is 2.27. The predicted octanol–water partition coefficient (Wildman–Crippen LogP) is 5.06. The minimum Gasteiger partial charge on any atom is -0.493 e. The summed E-state index contributed by atoms with van der Waals surface area (Å²) in [6.45, 7) is 1.01. The first-order valence-corrected chi connectivity index (χ1v) is 9.50. The Morgan fingerprint density at radius 3 is 2.41 bits per heavy atom. The molecular weight excluding hydrogens is 388 g/mol. The highest BCUT2D eigenvalue weighted by Gasteiger charge is 2.04. The van der Waals surface area contributed by atoms with E-state index in [-0.39, 0.29) is 0 Å². The number of hydrogen-bond acceptors (Lipinski definition) is 5. The second kappa shape index (κ2) is 10.4. The first-order valence-electron chi connectivity index (χ1n) is 9.12. The third kappa shape index (κ3) is 5.90. The maximum absolute atomic E-state index is 6.15. The van der Waals surface area contributed by atoms with Crippen molar-refractivity contribution in [2.45, 2.75) is 13.2 Å². The molecule has 0 heterocycles. The smallest absolute Gasteiger partial charge is 0.161 e. The van der Waals surface area contributed by atoms with Crippen LogP contribution in [0, 0.1) is 0 Å². The van der Waals surface area contributed by atoms with Crippen LogP contribution in [0.4, 0.5) is 0 Å². The number of ether oxygens (including phenoxy) is 3. The first kappa shape index (κ1) is 20.6. The molecule has 3 aromatic carbocycles. The maximum Gasteiger partial charge on any atom is 0.161 e. The van der Waals surface area contributed by atoms with Crippen molar-refractivity contribution in [3.05, 3.63) is 88.4 Å². The molecule has 0 aliphatic carbocycles. The van der Waals surface area contributed by atoms with Gasteiger partial charge in [-0.1, -0.05) is 35.9 Å². The van der Waals surface area contributed by atoms with Gasteiger partial charge < -0.3 is 19.6 Å². The second-order valence-electron chi connectivity index (χ2n) is 6.23. The molecule has 0 aliphatic rings. The lowest BCUT2D eigenvalue weighted by atomic mass is 10.2. The number of nitrogens with zero attached hydrogens (tertiary/aromatic N) is 1. The average molecular weight is 411 g/mol. The Labute approximate surface area is 175 Å². The number of hydrazone groups is 1. The summed E-state index contributed by atoms with van der Waals surface area (Å²) < 4.78 is 16.3. The lowest BCUT2D eigenvalue weighted by Gasteiger charge is -2.09. The molecule has 0 radical (unpaired) electrons. The van der Waals surface area contributed by atoms with Gasteiger partial charge in [0.15, 0.2) is 11.5 Å². The fourth-order valence-corrected chi connectivity index (χ4v) is 2.86. The topological polar surface area (TPSA) is 52.1 Å². The molecule has 6 heteroatoms. The molecule has 0 atom stereocenters. The van der Waals surface area contributed by atoms with E-state index in [1.165, 1.54) is 0 Å². The summed E-state index contributed by atoms with van der Waals surface area (Å²) in [4.78, 5) is 0. The highest BCUT2D eigenvalue weighted by atomic mass is 35.5. The molecule has 0 spiro atoms. The molecule has 0 unspecified atom stereocenters. The molecule has 3 rings (SSSR count). The predicted molar refractivity (Wildman–Crippen MR) is 116 cm³/mol. The van der Waals surface area contributed by atoms with Crippen LogP contribution < -0.4 is 19.6 Å². The van der Waals surface area contributed by atoms with Gasteiger partial charge in [-0.3, -0.25) is 0 Å². The van der Waals surface area contributed by atoms with Gasteiger partial charge in [0.1, 0.15) is 12.4 Å². The quantitative estimate of drug-likeness (QED) is 0.395. The summed E-state index contributed by atoms with van der Waals surface area (Å²) >= 11 is 6.15. The van der Waals surface area contributed by atoms with Crippen LogP contribution in [0.1, 0.15) is 16.7 Å². The average Bonchev–Trinajstić information content (AvgIpc) is 2.77. The summed E-state index contributed by atoms with van der Waals surface area (Å²) in [5.41, 5.74) is 6.00. The van der Waals surface area contributed by atoms with Gasteiger partial charge in [0, 0.05) is 10.6 Å². The van der Waals surface area contributed by atoms with Gasteiger partial charge in [-0.2, -0.15) is 5.10 Å². The van der Waals surface area contributed by atoms with Gasteiger partial charge in [0.2, 0.25) is 0 Å². The monoisotopic (exact) mass is 410 g/mol. The second-order valence-corrected chi connectivity index (χ2v) is 6.64. The van der Waals surface area contributed by atoms with Crippen LogP contribution in [0.2, 0.25) is 5.02 Å². The summed E-state index contributed by atoms with van der Waals surface area (Å²) in [6, 6.07) is 21.1. The van der Waals surface area contributed by atoms with Crippen molar-refractivity contribution in [3.63, 3.8) is 0 Å². The van der Waals surface area contributed by atoms with Crippen molar-refractivity contribution in [3.8, 4) is 17.2 Å². The normalized spacial score (nSPS) is 10.7. The molecule has 0 fully saturated rings. The molecule has 5 nitrogen and oxygen atoms in total. The third-order valence-corrected chi connectivity index (χ3v) is 4.64. The minimum atomic E-state index is 0.431. The van der Waals surface area contributed by atoms with Crippen molar-refractivity contribution in [2.75, 3.05) is 14.2 Å². The number of benzene rings is 3. The molecule has 1 N–H and O–H groups in total. The SMILES string of the molecule is COc1ccc(CN/N=C/c2ccc(OCc3ccccc3Cl)cc2)cc1OC. The fraction of sp³-hybridized carbons (Fsp3) is 0.174. The van der Waals surface area contributed by atoms with Crippen LogP contribution in [-0.2, 0) is 13.2 Å². The Hall–Kier alpha value is -3.18. The largest absolute Gasteiger partial charge is 0.493 e. The van der Waals surface area contributed by atoms with E-state index in [0.29, 0.717) is 29.7 Å². The number of rotatable bonds is 9. The van der Waals surface area contributed by atoms with E-state index >= 15 is 0 Å². The van der Waals surface area contributed by atoms with Crippen LogP contribution >= 0.6 is 11.6 Å². The van der Waals surface area contributed by atoms with E-state index in [1.54, 1.807) is 20.4 Å². The molecule has 3 aromatic rings. The lowest BCUT2D eigenvalue weighted by Crippen LogP contribution is -2.06. The van der Waals surface area contributed by atoms with Crippen molar-refractivity contribution >= 4 is 17.8 Å². The fourth-order valence-electron chi connectivity index (χ4n) is 2.67. The van der Waals surface area contributed by atoms with Crippen LogP contribution in [0.25, 0.3) is 0 Å². The zero-order valence-corrected chi connectivity index (χ0v) is 17.1. The van der Waals surface area contributed by atoms with Crippen molar-refractivity contribution in [2.24, 2.45) is 5.10 Å². The summed E-state index contributed by atoms with van der Waals surface area (Å²) in [5.74, 6) is 2.18. The Balaban J connectivity index is 1.49. The minimum absolute atomic E-state index is 0.431. The van der Waals surface area contributed by atoms with Gasteiger partial charge in [0.25, 0.3) is 0 Å². The van der Waals surface area contributed by atoms with E-state index in [4.69, 9.17) is 25.8 Å². The molecule has 0 saturated heterocycles. The molecule has 150 valence electrons. The van der Waals surface area contributed by atoms with Crippen molar-refractivity contribution in [1.29, 1.82) is 0 Å². The zero-order chi connectivity index (χ0) is 20.5. The van der Waals surface area contributed by atoms with E-state index in [1.807, 2.05) is 66.7 Å². The molecule has 0 amide bonds. The molecule has 0 aromatic heterocycles. The number of hydrogen-bond donors (Lipinski definition) is 1. The highest BCUT2D eigenvalue weighted by molar-refractivity contribution is 6.31. The molecule has 0 saturated carbocycles.